The molecule has 0 amide bonds. The first-order valence-corrected chi connectivity index (χ1v) is 8.73. The molecule has 3 heterocycles. The Labute approximate surface area is 148 Å². The minimum absolute atomic E-state index is 0.210. The van der Waals surface area contributed by atoms with Crippen LogP contribution in [0.1, 0.15) is 51.0 Å². The van der Waals surface area contributed by atoms with Gasteiger partial charge in [0.2, 0.25) is 0 Å². The number of esters is 1. The van der Waals surface area contributed by atoms with E-state index in [9.17, 15) is 9.59 Å². The maximum atomic E-state index is 12.5. The Morgan fingerprint density at radius 3 is 2.56 bits per heavy atom. The number of thiophene rings is 1. The molecule has 3 rings (SSSR count). The number of aromatic nitrogens is 4. The van der Waals surface area contributed by atoms with Crippen LogP contribution in [-0.4, -0.2) is 25.7 Å². The van der Waals surface area contributed by atoms with Crippen LogP contribution in [0, 0.1) is 27.7 Å². The molecule has 0 unspecified atom stereocenters. The van der Waals surface area contributed by atoms with Gasteiger partial charge in [0.05, 0.1) is 11.1 Å². The van der Waals surface area contributed by atoms with Gasteiger partial charge in [0.25, 0.3) is 5.56 Å². The van der Waals surface area contributed by atoms with Crippen molar-refractivity contribution in [3.05, 3.63) is 43.6 Å². The van der Waals surface area contributed by atoms with Crippen LogP contribution in [-0.2, 0) is 11.8 Å². The van der Waals surface area contributed by atoms with Gasteiger partial charge in [-0.1, -0.05) is 0 Å². The van der Waals surface area contributed by atoms with E-state index in [-0.39, 0.29) is 5.56 Å². The Balaban J connectivity index is 1.93. The van der Waals surface area contributed by atoms with Gasteiger partial charge in [-0.15, -0.1) is 11.3 Å². The molecule has 3 aromatic heterocycles. The molecular formula is C17H20N4O3S. The zero-order valence-electron chi connectivity index (χ0n) is 15.1. The van der Waals surface area contributed by atoms with Crippen molar-refractivity contribution in [1.82, 2.24) is 19.7 Å². The highest BCUT2D eigenvalue weighted by Gasteiger charge is 2.23. The predicted octanol–water partition coefficient (Wildman–Crippen LogP) is 2.87. The van der Waals surface area contributed by atoms with Gasteiger partial charge in [0.1, 0.15) is 10.4 Å². The molecule has 132 valence electrons. The van der Waals surface area contributed by atoms with Crippen LogP contribution in [0.4, 0.5) is 0 Å². The van der Waals surface area contributed by atoms with Crippen molar-refractivity contribution in [3.63, 3.8) is 0 Å². The molecule has 0 spiro atoms. The van der Waals surface area contributed by atoms with E-state index in [1.54, 1.807) is 25.6 Å². The predicted molar refractivity (Wildman–Crippen MR) is 96.2 cm³/mol. The third-order valence-corrected chi connectivity index (χ3v) is 5.54. The Bertz CT molecular complexity index is 1040. The summed E-state index contributed by atoms with van der Waals surface area (Å²) in [5.41, 5.74) is 2.51. The summed E-state index contributed by atoms with van der Waals surface area (Å²) in [5.74, 6) is -0.136. The molecule has 3 aromatic rings. The molecule has 0 fully saturated rings. The monoisotopic (exact) mass is 360 g/mol. The second kappa shape index (κ2) is 6.11. The number of ether oxygens (including phenoxy) is 1. The summed E-state index contributed by atoms with van der Waals surface area (Å²) in [6, 6.07) is 0. The maximum absolute atomic E-state index is 12.5. The third-order valence-electron chi connectivity index (χ3n) is 4.44. The lowest BCUT2D eigenvalue weighted by molar-refractivity contribution is 0.0318. The smallest absolute Gasteiger partial charge is 0.342 e. The molecular weight excluding hydrogens is 340 g/mol. The first-order valence-electron chi connectivity index (χ1n) is 7.91. The van der Waals surface area contributed by atoms with Gasteiger partial charge in [0.15, 0.2) is 11.9 Å². The van der Waals surface area contributed by atoms with Crippen molar-refractivity contribution in [2.75, 3.05) is 0 Å². The van der Waals surface area contributed by atoms with Gasteiger partial charge >= 0.3 is 5.97 Å². The molecule has 25 heavy (non-hydrogen) atoms. The number of H-pyrrole nitrogens is 1. The van der Waals surface area contributed by atoms with E-state index in [1.165, 1.54) is 11.3 Å². The number of carbonyl (C=O) groups excluding carboxylic acids is 1. The van der Waals surface area contributed by atoms with E-state index in [0.717, 1.165) is 16.1 Å². The van der Waals surface area contributed by atoms with E-state index in [2.05, 4.69) is 15.1 Å². The maximum Gasteiger partial charge on any atom is 0.342 e. The van der Waals surface area contributed by atoms with Crippen molar-refractivity contribution in [2.45, 2.75) is 40.7 Å². The van der Waals surface area contributed by atoms with Gasteiger partial charge in [0, 0.05) is 17.6 Å². The summed E-state index contributed by atoms with van der Waals surface area (Å²) in [6.07, 6.45) is -0.675. The van der Waals surface area contributed by atoms with E-state index in [0.29, 0.717) is 27.3 Å². The highest BCUT2D eigenvalue weighted by atomic mass is 32.1. The van der Waals surface area contributed by atoms with Gasteiger partial charge in [-0.3, -0.25) is 9.48 Å². The third kappa shape index (κ3) is 2.86. The van der Waals surface area contributed by atoms with Crippen LogP contribution < -0.4 is 5.56 Å². The molecule has 1 atom stereocenters. The fraction of sp³-hybridized carbons (Fsp3) is 0.412. The molecule has 0 aliphatic rings. The highest BCUT2D eigenvalue weighted by Crippen LogP contribution is 2.27. The molecule has 0 radical (unpaired) electrons. The quantitative estimate of drug-likeness (QED) is 0.725. The zero-order valence-corrected chi connectivity index (χ0v) is 15.9. The Hall–Kier alpha value is -2.48. The summed E-state index contributed by atoms with van der Waals surface area (Å²) in [4.78, 5) is 33.8. The lowest BCUT2D eigenvalue weighted by Gasteiger charge is -2.12. The normalized spacial score (nSPS) is 12.6. The average Bonchev–Trinajstić information content (AvgIpc) is 2.95. The Morgan fingerprint density at radius 1 is 1.28 bits per heavy atom. The molecule has 7 nitrogen and oxygen atoms in total. The van der Waals surface area contributed by atoms with Crippen LogP contribution in [0.25, 0.3) is 10.2 Å². The van der Waals surface area contributed by atoms with E-state index >= 15 is 0 Å². The number of hydrogen-bond donors (Lipinski definition) is 1. The van der Waals surface area contributed by atoms with Gasteiger partial charge < -0.3 is 9.72 Å². The van der Waals surface area contributed by atoms with Crippen LogP contribution in [0.2, 0.25) is 0 Å². The first kappa shape index (κ1) is 17.3. The Morgan fingerprint density at radius 2 is 1.96 bits per heavy atom. The number of aryl methyl sites for hydroxylation is 4. The molecule has 8 heteroatoms. The Kier molecular flexibility index (Phi) is 4.24. The summed E-state index contributed by atoms with van der Waals surface area (Å²) < 4.78 is 7.16. The van der Waals surface area contributed by atoms with E-state index in [1.807, 2.05) is 20.8 Å². The van der Waals surface area contributed by atoms with Crippen molar-refractivity contribution in [3.8, 4) is 0 Å². The van der Waals surface area contributed by atoms with Crippen LogP contribution in [0.3, 0.4) is 0 Å². The topological polar surface area (TPSA) is 89.9 Å². The largest absolute Gasteiger partial charge is 0.451 e. The fourth-order valence-corrected chi connectivity index (χ4v) is 3.85. The second-order valence-electron chi connectivity index (χ2n) is 6.13. The molecule has 0 aliphatic heterocycles. The van der Waals surface area contributed by atoms with Gasteiger partial charge in [-0.25, -0.2) is 9.78 Å². The number of carbonyl (C=O) groups is 1. The second-order valence-corrected chi connectivity index (χ2v) is 7.33. The van der Waals surface area contributed by atoms with Gasteiger partial charge in [-0.05, 0) is 40.2 Å². The van der Waals surface area contributed by atoms with E-state index in [4.69, 9.17) is 4.74 Å². The van der Waals surface area contributed by atoms with Crippen molar-refractivity contribution in [2.24, 2.45) is 7.05 Å². The fourth-order valence-electron chi connectivity index (χ4n) is 2.81. The standard InChI is InChI=1S/C17H20N4O3S/c1-7-11(5)25-16-12(7)15(22)18-14(19-16)10(4)24-17(23)13-8(2)20-21(6)9(13)3/h10H,1-6H3,(H,18,19,22)/t10-/m0/s1. The number of rotatable bonds is 3. The average molecular weight is 360 g/mol. The minimum Gasteiger partial charge on any atom is -0.451 e. The number of nitrogens with one attached hydrogen (secondary N) is 1. The van der Waals surface area contributed by atoms with Crippen molar-refractivity contribution >= 4 is 27.5 Å². The first-order chi connectivity index (χ1) is 11.7. The molecule has 0 saturated heterocycles. The lowest BCUT2D eigenvalue weighted by atomic mass is 10.2. The zero-order chi connectivity index (χ0) is 18.5. The summed E-state index contributed by atoms with van der Waals surface area (Å²) in [5, 5.41) is 4.82. The highest BCUT2D eigenvalue weighted by molar-refractivity contribution is 7.18. The summed E-state index contributed by atoms with van der Waals surface area (Å²) in [7, 11) is 1.77. The molecule has 0 bridgehead atoms. The van der Waals surface area contributed by atoms with Gasteiger partial charge in [-0.2, -0.15) is 5.10 Å². The van der Waals surface area contributed by atoms with Crippen LogP contribution in [0.15, 0.2) is 4.79 Å². The van der Waals surface area contributed by atoms with Crippen LogP contribution in [0.5, 0.6) is 0 Å². The minimum atomic E-state index is -0.675. The van der Waals surface area contributed by atoms with Crippen LogP contribution >= 0.6 is 11.3 Å². The number of aromatic amines is 1. The molecule has 0 aromatic carbocycles. The van der Waals surface area contributed by atoms with Crippen molar-refractivity contribution < 1.29 is 9.53 Å². The number of nitrogens with zero attached hydrogens (tertiary/aromatic N) is 3. The summed E-state index contributed by atoms with van der Waals surface area (Å²) >= 11 is 1.46. The molecule has 0 aliphatic carbocycles. The van der Waals surface area contributed by atoms with Crippen molar-refractivity contribution in [1.29, 1.82) is 0 Å². The number of fused-ring (bicyclic) bond motifs is 1. The number of hydrogen-bond acceptors (Lipinski definition) is 6. The SMILES string of the molecule is Cc1nn(C)c(C)c1C(=O)O[C@@H](C)c1nc2sc(C)c(C)c2c(=O)[nH]1. The molecule has 0 saturated carbocycles. The molecule has 1 N–H and O–H groups in total. The van der Waals surface area contributed by atoms with E-state index < -0.39 is 12.1 Å². The summed E-state index contributed by atoms with van der Waals surface area (Å²) in [6.45, 7) is 9.12. The lowest BCUT2D eigenvalue weighted by Crippen LogP contribution is -2.18.